The number of piperidine rings is 1. The topological polar surface area (TPSA) is 60.9 Å². The van der Waals surface area contributed by atoms with Gasteiger partial charge in [0.1, 0.15) is 5.75 Å². The lowest BCUT2D eigenvalue weighted by Crippen LogP contribution is -2.50. The fraction of sp³-hybridized carbons (Fsp3) is 0.478. The van der Waals surface area contributed by atoms with E-state index >= 15 is 0 Å². The lowest BCUT2D eigenvalue weighted by atomic mass is 9.78. The van der Waals surface area contributed by atoms with Gasteiger partial charge in [-0.05, 0) is 54.9 Å². The van der Waals surface area contributed by atoms with Crippen molar-refractivity contribution in [2.45, 2.75) is 32.1 Å². The number of aromatic hydroxyl groups is 1. The van der Waals surface area contributed by atoms with Crippen LogP contribution in [0.5, 0.6) is 5.75 Å². The zero-order valence-electron chi connectivity index (χ0n) is 16.1. The van der Waals surface area contributed by atoms with Crippen molar-refractivity contribution in [1.82, 2.24) is 9.80 Å². The van der Waals surface area contributed by atoms with E-state index in [0.717, 1.165) is 43.1 Å². The average Bonchev–Trinajstić information content (AvgIpc) is 3.42. The lowest BCUT2D eigenvalue weighted by Gasteiger charge is -2.39. The van der Waals surface area contributed by atoms with Gasteiger partial charge < -0.3 is 14.9 Å². The third-order valence-electron chi connectivity index (χ3n) is 6.76. The number of carbonyl (C=O) groups is 2. The molecule has 2 amide bonds. The first kappa shape index (κ1) is 17.5. The van der Waals surface area contributed by atoms with Gasteiger partial charge in [0.05, 0.1) is 11.0 Å². The number of hydrogen-bond donors (Lipinski definition) is 1. The Labute approximate surface area is 164 Å². The Morgan fingerprint density at radius 2 is 1.93 bits per heavy atom. The summed E-state index contributed by atoms with van der Waals surface area (Å²) >= 11 is 0. The van der Waals surface area contributed by atoms with E-state index in [1.807, 2.05) is 35.2 Å². The Morgan fingerprint density at radius 1 is 1.11 bits per heavy atom. The van der Waals surface area contributed by atoms with Gasteiger partial charge >= 0.3 is 0 Å². The zero-order chi connectivity index (χ0) is 19.3. The summed E-state index contributed by atoms with van der Waals surface area (Å²) in [6.45, 7) is 2.78. The minimum absolute atomic E-state index is 0.00924. The number of fused-ring (bicyclic) bond motifs is 1. The first-order valence-electron chi connectivity index (χ1n) is 10.4. The fourth-order valence-corrected chi connectivity index (χ4v) is 5.01. The van der Waals surface area contributed by atoms with Gasteiger partial charge in [-0.25, -0.2) is 0 Å². The Kier molecular flexibility index (Phi) is 4.07. The summed E-state index contributed by atoms with van der Waals surface area (Å²) in [5.74, 6) is 0.766. The Morgan fingerprint density at radius 3 is 2.75 bits per heavy atom. The number of phenols is 1. The monoisotopic (exact) mass is 378 g/mol. The fourth-order valence-electron chi connectivity index (χ4n) is 5.01. The van der Waals surface area contributed by atoms with E-state index in [-0.39, 0.29) is 17.6 Å². The summed E-state index contributed by atoms with van der Waals surface area (Å²) in [4.78, 5) is 30.4. The van der Waals surface area contributed by atoms with E-state index in [4.69, 9.17) is 0 Å². The highest BCUT2D eigenvalue weighted by molar-refractivity contribution is 6.09. The van der Waals surface area contributed by atoms with Crippen molar-refractivity contribution in [2.75, 3.05) is 26.2 Å². The third-order valence-corrected chi connectivity index (χ3v) is 6.76. The molecule has 3 fully saturated rings. The van der Waals surface area contributed by atoms with Crippen LogP contribution in [0.3, 0.4) is 0 Å². The van der Waals surface area contributed by atoms with Crippen molar-refractivity contribution in [1.29, 1.82) is 0 Å². The predicted molar refractivity (Wildman–Crippen MR) is 107 cm³/mol. The standard InChI is InChI=1S/C23H26N2O3/c26-19-9-8-17-4-1-2-5-18(17)20(19)21(27)25-13-11-23(15-25)10-3-12-24(22(23)28)14-16-6-7-16/h1-2,4-5,8-9,16,26H,3,6-7,10-15H2. The summed E-state index contributed by atoms with van der Waals surface area (Å²) < 4.78 is 0. The van der Waals surface area contributed by atoms with Gasteiger partial charge in [-0.1, -0.05) is 30.3 Å². The molecule has 2 aromatic rings. The molecule has 1 N–H and O–H groups in total. The molecule has 0 aromatic heterocycles. The molecule has 5 nitrogen and oxygen atoms in total. The Hall–Kier alpha value is -2.56. The maximum Gasteiger partial charge on any atom is 0.258 e. The second-order valence-electron chi connectivity index (χ2n) is 8.74. The van der Waals surface area contributed by atoms with Crippen LogP contribution in [0.15, 0.2) is 36.4 Å². The van der Waals surface area contributed by atoms with E-state index in [9.17, 15) is 14.7 Å². The highest BCUT2D eigenvalue weighted by atomic mass is 16.3. The lowest BCUT2D eigenvalue weighted by molar-refractivity contribution is -0.145. The van der Waals surface area contributed by atoms with Crippen molar-refractivity contribution in [3.8, 4) is 5.75 Å². The number of benzene rings is 2. The molecule has 1 spiro atoms. The molecule has 1 saturated carbocycles. The molecule has 2 aliphatic heterocycles. The number of likely N-dealkylation sites (tertiary alicyclic amines) is 2. The maximum absolute atomic E-state index is 13.3. The normalized spacial score (nSPS) is 25.1. The van der Waals surface area contributed by atoms with Crippen molar-refractivity contribution in [3.05, 3.63) is 42.0 Å². The minimum Gasteiger partial charge on any atom is -0.507 e. The molecule has 0 radical (unpaired) electrons. The molecular weight excluding hydrogens is 352 g/mol. The van der Waals surface area contributed by atoms with Crippen LogP contribution >= 0.6 is 0 Å². The van der Waals surface area contributed by atoms with Gasteiger partial charge in [-0.3, -0.25) is 9.59 Å². The largest absolute Gasteiger partial charge is 0.507 e. The van der Waals surface area contributed by atoms with Gasteiger partial charge in [0.25, 0.3) is 5.91 Å². The number of carbonyl (C=O) groups excluding carboxylic acids is 2. The van der Waals surface area contributed by atoms with Crippen LogP contribution < -0.4 is 0 Å². The Bertz CT molecular complexity index is 952. The first-order valence-corrected chi connectivity index (χ1v) is 10.4. The number of phenolic OH excluding ortho intramolecular Hbond substituents is 1. The van der Waals surface area contributed by atoms with E-state index in [1.165, 1.54) is 12.8 Å². The molecule has 5 heteroatoms. The number of nitrogens with zero attached hydrogens (tertiary/aromatic N) is 2. The van der Waals surface area contributed by atoms with Crippen LogP contribution in [0.2, 0.25) is 0 Å². The molecule has 1 atom stereocenters. The number of amides is 2. The summed E-state index contributed by atoms with van der Waals surface area (Å²) in [6, 6.07) is 11.0. The SMILES string of the molecule is O=C(c1c(O)ccc2ccccc12)N1CCC2(CCCN(CC3CC3)C2=O)C1. The molecule has 2 saturated heterocycles. The summed E-state index contributed by atoms with van der Waals surface area (Å²) in [5.41, 5.74) is -0.0727. The number of hydrogen-bond acceptors (Lipinski definition) is 3. The van der Waals surface area contributed by atoms with Crippen LogP contribution in [0.25, 0.3) is 10.8 Å². The highest BCUT2D eigenvalue weighted by Gasteiger charge is 2.50. The number of rotatable bonds is 3. The predicted octanol–water partition coefficient (Wildman–Crippen LogP) is 3.41. The first-order chi connectivity index (χ1) is 13.6. The maximum atomic E-state index is 13.3. The molecule has 2 aromatic carbocycles. The van der Waals surface area contributed by atoms with Gasteiger partial charge in [0.15, 0.2) is 0 Å². The van der Waals surface area contributed by atoms with E-state index in [1.54, 1.807) is 11.0 Å². The molecule has 5 rings (SSSR count). The zero-order valence-corrected chi connectivity index (χ0v) is 16.1. The summed E-state index contributed by atoms with van der Waals surface area (Å²) in [5, 5.41) is 12.1. The molecule has 0 bridgehead atoms. The van der Waals surface area contributed by atoms with Crippen molar-refractivity contribution < 1.29 is 14.7 Å². The van der Waals surface area contributed by atoms with Crippen LogP contribution in [-0.2, 0) is 4.79 Å². The van der Waals surface area contributed by atoms with Gasteiger partial charge in [0, 0.05) is 26.2 Å². The molecule has 1 unspecified atom stereocenters. The van der Waals surface area contributed by atoms with E-state index in [0.29, 0.717) is 24.6 Å². The summed E-state index contributed by atoms with van der Waals surface area (Å²) in [6.07, 6.45) is 5.08. The van der Waals surface area contributed by atoms with Gasteiger partial charge in [-0.15, -0.1) is 0 Å². The van der Waals surface area contributed by atoms with Gasteiger partial charge in [0.2, 0.25) is 5.91 Å². The highest BCUT2D eigenvalue weighted by Crippen LogP contribution is 2.42. The molecule has 2 heterocycles. The molecule has 28 heavy (non-hydrogen) atoms. The van der Waals surface area contributed by atoms with Crippen LogP contribution in [0.4, 0.5) is 0 Å². The second-order valence-corrected chi connectivity index (χ2v) is 8.74. The molecule has 1 aliphatic carbocycles. The van der Waals surface area contributed by atoms with Crippen LogP contribution in [0.1, 0.15) is 42.5 Å². The van der Waals surface area contributed by atoms with E-state index < -0.39 is 5.41 Å². The van der Waals surface area contributed by atoms with E-state index in [2.05, 4.69) is 0 Å². The van der Waals surface area contributed by atoms with Crippen molar-refractivity contribution in [3.63, 3.8) is 0 Å². The van der Waals surface area contributed by atoms with Crippen molar-refractivity contribution in [2.24, 2.45) is 11.3 Å². The van der Waals surface area contributed by atoms with Crippen molar-refractivity contribution >= 4 is 22.6 Å². The quantitative estimate of drug-likeness (QED) is 0.890. The van der Waals surface area contributed by atoms with Crippen LogP contribution in [-0.4, -0.2) is 52.9 Å². The third kappa shape index (κ3) is 2.84. The van der Waals surface area contributed by atoms with Crippen LogP contribution in [0, 0.1) is 11.3 Å². The smallest absolute Gasteiger partial charge is 0.258 e. The average molecular weight is 378 g/mol. The summed E-state index contributed by atoms with van der Waals surface area (Å²) in [7, 11) is 0. The van der Waals surface area contributed by atoms with Gasteiger partial charge in [-0.2, -0.15) is 0 Å². The second kappa shape index (κ2) is 6.50. The minimum atomic E-state index is -0.428. The Balaban J connectivity index is 1.41. The molecular formula is C23H26N2O3. The molecule has 3 aliphatic rings. The molecule has 146 valence electrons.